The Morgan fingerprint density at radius 2 is 2.11 bits per heavy atom. The number of benzene rings is 1. The molecule has 1 aliphatic heterocycles. The molecule has 1 aliphatic rings. The highest BCUT2D eigenvalue weighted by Gasteiger charge is 2.40. The molecule has 1 saturated heterocycles. The molecule has 2 rings (SSSR count). The highest BCUT2D eigenvalue weighted by molar-refractivity contribution is 5.87. The summed E-state index contributed by atoms with van der Waals surface area (Å²) in [6, 6.07) is 4.96. The van der Waals surface area contributed by atoms with Gasteiger partial charge in [-0.1, -0.05) is 26.0 Å². The van der Waals surface area contributed by atoms with E-state index < -0.39 is 0 Å². The lowest BCUT2D eigenvalue weighted by Gasteiger charge is -2.36. The van der Waals surface area contributed by atoms with Gasteiger partial charge in [-0.2, -0.15) is 0 Å². The van der Waals surface area contributed by atoms with E-state index in [-0.39, 0.29) is 22.9 Å². The van der Waals surface area contributed by atoms with Gasteiger partial charge >= 0.3 is 0 Å². The Morgan fingerprint density at radius 1 is 1.44 bits per heavy atom. The molecular weight excluding hydrogens is 231 g/mol. The van der Waals surface area contributed by atoms with E-state index in [2.05, 4.69) is 0 Å². The number of hydrogen-bond acceptors (Lipinski definition) is 2. The number of carbonyl (C=O) groups is 1. The van der Waals surface area contributed by atoms with E-state index >= 15 is 0 Å². The number of hydrogen-bond donors (Lipinski definition) is 0. The molecular formula is C15H19FO2. The van der Waals surface area contributed by atoms with Crippen molar-refractivity contribution in [2.24, 2.45) is 5.41 Å². The van der Waals surface area contributed by atoms with Gasteiger partial charge in [-0.15, -0.1) is 0 Å². The molecule has 98 valence electrons. The maximum Gasteiger partial charge on any atom is 0.147 e. The van der Waals surface area contributed by atoms with E-state index in [9.17, 15) is 9.18 Å². The van der Waals surface area contributed by atoms with Gasteiger partial charge in [0.2, 0.25) is 0 Å². The predicted octanol–water partition coefficient (Wildman–Crippen LogP) is 3.10. The van der Waals surface area contributed by atoms with Crippen LogP contribution >= 0.6 is 0 Å². The van der Waals surface area contributed by atoms with Crippen molar-refractivity contribution < 1.29 is 13.9 Å². The average Bonchev–Trinajstić information content (AvgIpc) is 2.28. The summed E-state index contributed by atoms with van der Waals surface area (Å²) in [4.78, 5) is 12.1. The van der Waals surface area contributed by atoms with Crippen LogP contribution in [0.1, 0.15) is 37.8 Å². The lowest BCUT2D eigenvalue weighted by molar-refractivity contribution is -0.154. The van der Waals surface area contributed by atoms with Crippen LogP contribution in [0.25, 0.3) is 0 Å². The van der Waals surface area contributed by atoms with Crippen LogP contribution in [0.4, 0.5) is 4.39 Å². The fourth-order valence-corrected chi connectivity index (χ4v) is 2.11. The van der Waals surface area contributed by atoms with Gasteiger partial charge in [0, 0.05) is 6.42 Å². The molecule has 1 aromatic rings. The molecule has 0 aliphatic carbocycles. The number of rotatable bonds is 4. The van der Waals surface area contributed by atoms with E-state index in [4.69, 9.17) is 4.74 Å². The first kappa shape index (κ1) is 13.2. The number of halogens is 1. The van der Waals surface area contributed by atoms with Gasteiger partial charge in [0.15, 0.2) is 0 Å². The monoisotopic (exact) mass is 250 g/mol. The largest absolute Gasteiger partial charge is 0.379 e. The Kier molecular flexibility index (Phi) is 3.53. The van der Waals surface area contributed by atoms with Crippen molar-refractivity contribution in [1.29, 1.82) is 0 Å². The SMILES string of the molecule is CC(C)c1cc(CC(=O)C2(C)COC2)ccc1F. The molecule has 3 heteroatoms. The maximum absolute atomic E-state index is 13.6. The molecule has 0 saturated carbocycles. The highest BCUT2D eigenvalue weighted by Crippen LogP contribution is 2.29. The van der Waals surface area contributed by atoms with Crippen LogP contribution in [0.5, 0.6) is 0 Å². The van der Waals surface area contributed by atoms with Crippen LogP contribution in [-0.4, -0.2) is 19.0 Å². The first-order chi connectivity index (χ1) is 8.42. The van der Waals surface area contributed by atoms with Gasteiger partial charge < -0.3 is 4.74 Å². The Morgan fingerprint density at radius 3 is 2.61 bits per heavy atom. The Labute approximate surface area is 107 Å². The molecule has 0 atom stereocenters. The fraction of sp³-hybridized carbons (Fsp3) is 0.533. The number of ketones is 1. The van der Waals surface area contributed by atoms with Crippen LogP contribution in [0.3, 0.4) is 0 Å². The second kappa shape index (κ2) is 4.81. The molecule has 0 spiro atoms. The minimum atomic E-state index is -0.341. The third-order valence-electron chi connectivity index (χ3n) is 3.56. The summed E-state index contributed by atoms with van der Waals surface area (Å²) >= 11 is 0. The third-order valence-corrected chi connectivity index (χ3v) is 3.56. The van der Waals surface area contributed by atoms with Gasteiger partial charge in [0.1, 0.15) is 11.6 Å². The minimum absolute atomic E-state index is 0.127. The van der Waals surface area contributed by atoms with Crippen LogP contribution in [-0.2, 0) is 16.0 Å². The van der Waals surface area contributed by atoms with E-state index in [0.29, 0.717) is 25.2 Å². The lowest BCUT2D eigenvalue weighted by Crippen LogP contribution is -2.47. The van der Waals surface area contributed by atoms with Crippen LogP contribution in [0, 0.1) is 11.2 Å². The molecule has 2 nitrogen and oxygen atoms in total. The predicted molar refractivity (Wildman–Crippen MR) is 68.1 cm³/mol. The second-order valence-corrected chi connectivity index (χ2v) is 5.66. The Hall–Kier alpha value is -1.22. The van der Waals surface area contributed by atoms with Gasteiger partial charge in [-0.25, -0.2) is 4.39 Å². The smallest absolute Gasteiger partial charge is 0.147 e. The summed E-state index contributed by atoms with van der Waals surface area (Å²) in [6.07, 6.45) is 0.361. The zero-order valence-electron chi connectivity index (χ0n) is 11.1. The zero-order chi connectivity index (χ0) is 13.3. The molecule has 1 fully saturated rings. The van der Waals surface area contributed by atoms with E-state index in [1.165, 1.54) is 6.07 Å². The molecule has 0 radical (unpaired) electrons. The van der Waals surface area contributed by atoms with Crippen molar-refractivity contribution in [3.63, 3.8) is 0 Å². The number of carbonyl (C=O) groups excluding carboxylic acids is 1. The van der Waals surface area contributed by atoms with Gasteiger partial charge in [0.05, 0.1) is 18.6 Å². The first-order valence-electron chi connectivity index (χ1n) is 6.32. The standard InChI is InChI=1S/C15H19FO2/c1-10(2)12-6-11(4-5-13(12)16)7-14(17)15(3)8-18-9-15/h4-6,10H,7-9H2,1-3H3. The Balaban J connectivity index is 2.14. The normalized spacial score (nSPS) is 17.6. The number of Topliss-reactive ketones (excluding diaryl/α,β-unsaturated/α-hetero) is 1. The number of ether oxygens (including phenoxy) is 1. The minimum Gasteiger partial charge on any atom is -0.379 e. The van der Waals surface area contributed by atoms with Crippen molar-refractivity contribution in [2.75, 3.05) is 13.2 Å². The van der Waals surface area contributed by atoms with Gasteiger partial charge in [-0.05, 0) is 30.0 Å². The molecule has 0 unspecified atom stereocenters. The van der Waals surface area contributed by atoms with E-state index in [1.54, 1.807) is 12.1 Å². The topological polar surface area (TPSA) is 26.3 Å². The second-order valence-electron chi connectivity index (χ2n) is 5.66. The molecule has 1 heterocycles. The van der Waals surface area contributed by atoms with E-state index in [1.807, 2.05) is 20.8 Å². The molecule has 18 heavy (non-hydrogen) atoms. The molecule has 0 bridgehead atoms. The zero-order valence-corrected chi connectivity index (χ0v) is 11.1. The summed E-state index contributed by atoms with van der Waals surface area (Å²) in [7, 11) is 0. The summed E-state index contributed by atoms with van der Waals surface area (Å²) in [6.45, 7) is 6.83. The summed E-state index contributed by atoms with van der Waals surface area (Å²) in [5, 5.41) is 0. The third kappa shape index (κ3) is 2.46. The van der Waals surface area contributed by atoms with Crippen molar-refractivity contribution in [3.05, 3.63) is 35.1 Å². The summed E-state index contributed by atoms with van der Waals surface area (Å²) in [5.74, 6) is 0.108. The summed E-state index contributed by atoms with van der Waals surface area (Å²) < 4.78 is 18.7. The van der Waals surface area contributed by atoms with Crippen LogP contribution < -0.4 is 0 Å². The highest BCUT2D eigenvalue weighted by atomic mass is 19.1. The first-order valence-corrected chi connectivity index (χ1v) is 6.32. The van der Waals surface area contributed by atoms with Crippen LogP contribution in [0.15, 0.2) is 18.2 Å². The maximum atomic E-state index is 13.6. The van der Waals surface area contributed by atoms with Gasteiger partial charge in [0.25, 0.3) is 0 Å². The molecule has 0 amide bonds. The van der Waals surface area contributed by atoms with Crippen molar-refractivity contribution in [3.8, 4) is 0 Å². The average molecular weight is 250 g/mol. The van der Waals surface area contributed by atoms with E-state index in [0.717, 1.165) is 5.56 Å². The molecule has 0 aromatic heterocycles. The Bertz CT molecular complexity index is 462. The fourth-order valence-electron chi connectivity index (χ4n) is 2.11. The molecule has 1 aromatic carbocycles. The van der Waals surface area contributed by atoms with Crippen molar-refractivity contribution in [1.82, 2.24) is 0 Å². The van der Waals surface area contributed by atoms with Gasteiger partial charge in [-0.3, -0.25) is 4.79 Å². The van der Waals surface area contributed by atoms with Crippen molar-refractivity contribution in [2.45, 2.75) is 33.1 Å². The van der Waals surface area contributed by atoms with Crippen LogP contribution in [0.2, 0.25) is 0 Å². The quantitative estimate of drug-likeness (QED) is 0.820. The lowest BCUT2D eigenvalue weighted by atomic mass is 9.81. The van der Waals surface area contributed by atoms with Crippen molar-refractivity contribution >= 4 is 5.78 Å². The molecule has 0 N–H and O–H groups in total. The summed E-state index contributed by atoms with van der Waals surface area (Å²) in [5.41, 5.74) is 1.22.